The van der Waals surface area contributed by atoms with Crippen LogP contribution in [0.5, 0.6) is 0 Å². The molecule has 2 rings (SSSR count). The van der Waals surface area contributed by atoms with Gasteiger partial charge in [0.15, 0.2) is 0 Å². The third-order valence-electron chi connectivity index (χ3n) is 3.71. The van der Waals surface area contributed by atoms with E-state index in [0.717, 1.165) is 12.8 Å². The summed E-state index contributed by atoms with van der Waals surface area (Å²) in [5.41, 5.74) is 8.52. The molecule has 0 fully saturated rings. The maximum absolute atomic E-state index is 2.37. The summed E-state index contributed by atoms with van der Waals surface area (Å²) in [6.07, 6.45) is 2.16. The van der Waals surface area contributed by atoms with Gasteiger partial charge in [-0.1, -0.05) is 48.9 Å². The van der Waals surface area contributed by atoms with Crippen molar-refractivity contribution < 1.29 is 0 Å². The zero-order chi connectivity index (χ0) is 13.1. The summed E-state index contributed by atoms with van der Waals surface area (Å²) in [5, 5.41) is 0. The number of rotatable bonds is 3. The van der Waals surface area contributed by atoms with Gasteiger partial charge in [0.05, 0.1) is 0 Å². The fourth-order valence-corrected chi connectivity index (χ4v) is 2.54. The molecule has 0 aliphatic heterocycles. The van der Waals surface area contributed by atoms with Crippen LogP contribution < -0.4 is 0 Å². The third-order valence-corrected chi connectivity index (χ3v) is 3.71. The van der Waals surface area contributed by atoms with Crippen molar-refractivity contribution in [3.05, 3.63) is 69.8 Å². The van der Waals surface area contributed by atoms with Crippen molar-refractivity contribution in [1.29, 1.82) is 0 Å². The molecular weight excluding hydrogens is 216 g/mol. The van der Waals surface area contributed by atoms with Crippen LogP contribution in [0.15, 0.2) is 36.4 Å². The number of hydrogen-bond acceptors (Lipinski definition) is 0. The molecule has 0 amide bonds. The van der Waals surface area contributed by atoms with Crippen LogP contribution in [0.25, 0.3) is 0 Å². The molecule has 0 nitrogen and oxygen atoms in total. The summed E-state index contributed by atoms with van der Waals surface area (Å²) in [7, 11) is 0. The van der Waals surface area contributed by atoms with Crippen molar-refractivity contribution >= 4 is 0 Å². The van der Waals surface area contributed by atoms with Crippen LogP contribution in [0, 0.1) is 20.8 Å². The van der Waals surface area contributed by atoms with Crippen molar-refractivity contribution in [2.24, 2.45) is 0 Å². The highest BCUT2D eigenvalue weighted by Crippen LogP contribution is 2.19. The van der Waals surface area contributed by atoms with Gasteiger partial charge >= 0.3 is 0 Å². The lowest BCUT2D eigenvalue weighted by atomic mass is 9.94. The van der Waals surface area contributed by atoms with E-state index in [2.05, 4.69) is 64.1 Å². The van der Waals surface area contributed by atoms with Crippen LogP contribution in [0.1, 0.15) is 40.3 Å². The highest BCUT2D eigenvalue weighted by atomic mass is 14.1. The summed E-state index contributed by atoms with van der Waals surface area (Å²) >= 11 is 0. The molecule has 0 aliphatic rings. The van der Waals surface area contributed by atoms with Crippen molar-refractivity contribution in [2.75, 3.05) is 0 Å². The van der Waals surface area contributed by atoms with Gasteiger partial charge in [0.25, 0.3) is 0 Å². The fraction of sp³-hybridized carbons (Fsp3) is 0.333. The third kappa shape index (κ3) is 2.81. The van der Waals surface area contributed by atoms with E-state index >= 15 is 0 Å². The zero-order valence-corrected chi connectivity index (χ0v) is 11.9. The van der Waals surface area contributed by atoms with Crippen molar-refractivity contribution in [3.8, 4) is 0 Å². The van der Waals surface area contributed by atoms with Gasteiger partial charge in [0.1, 0.15) is 0 Å². The number of hydrogen-bond donors (Lipinski definition) is 0. The van der Waals surface area contributed by atoms with E-state index in [-0.39, 0.29) is 0 Å². The standard InChI is InChI=1S/C18H22/c1-5-18-12-17(10-14(3)15(18)4)11-16-8-6-7-13(2)9-16/h6-10,12H,5,11H2,1-4H3. The van der Waals surface area contributed by atoms with Gasteiger partial charge in [0.2, 0.25) is 0 Å². The van der Waals surface area contributed by atoms with Gasteiger partial charge in [-0.2, -0.15) is 0 Å². The van der Waals surface area contributed by atoms with Crippen molar-refractivity contribution in [1.82, 2.24) is 0 Å². The van der Waals surface area contributed by atoms with E-state index in [1.54, 1.807) is 0 Å². The summed E-state index contributed by atoms with van der Waals surface area (Å²) in [6, 6.07) is 13.5. The smallest absolute Gasteiger partial charge is 0.00255 e. The molecule has 0 aromatic heterocycles. The predicted octanol–water partition coefficient (Wildman–Crippen LogP) is 4.77. The normalized spacial score (nSPS) is 10.7. The largest absolute Gasteiger partial charge is 0.0617 e. The van der Waals surface area contributed by atoms with Crippen LogP contribution in [0.2, 0.25) is 0 Å². The Bertz CT molecular complexity index is 550. The Labute approximate surface area is 111 Å². The van der Waals surface area contributed by atoms with E-state index in [0.29, 0.717) is 0 Å². The van der Waals surface area contributed by atoms with Gasteiger partial charge in [-0.05, 0) is 61.4 Å². The molecule has 0 radical (unpaired) electrons. The SMILES string of the molecule is CCc1cc(Cc2cccc(C)c2)cc(C)c1C. The van der Waals surface area contributed by atoms with Crippen molar-refractivity contribution in [2.45, 2.75) is 40.5 Å². The molecule has 18 heavy (non-hydrogen) atoms. The summed E-state index contributed by atoms with van der Waals surface area (Å²) in [4.78, 5) is 0. The molecule has 0 N–H and O–H groups in total. The first-order valence-electron chi connectivity index (χ1n) is 6.74. The Morgan fingerprint density at radius 3 is 2.33 bits per heavy atom. The molecule has 0 aliphatic carbocycles. The predicted molar refractivity (Wildman–Crippen MR) is 79.3 cm³/mol. The zero-order valence-electron chi connectivity index (χ0n) is 11.9. The van der Waals surface area contributed by atoms with E-state index in [9.17, 15) is 0 Å². The Balaban J connectivity index is 2.32. The lowest BCUT2D eigenvalue weighted by Crippen LogP contribution is -1.96. The Morgan fingerprint density at radius 2 is 1.67 bits per heavy atom. The lowest BCUT2D eigenvalue weighted by Gasteiger charge is -2.11. The Hall–Kier alpha value is -1.56. The number of benzene rings is 2. The quantitative estimate of drug-likeness (QED) is 0.723. The van der Waals surface area contributed by atoms with Gasteiger partial charge in [-0.25, -0.2) is 0 Å². The van der Waals surface area contributed by atoms with E-state index in [1.165, 1.54) is 33.4 Å². The molecule has 2 aromatic rings. The highest BCUT2D eigenvalue weighted by molar-refractivity contribution is 5.40. The fourth-order valence-electron chi connectivity index (χ4n) is 2.54. The first-order chi connectivity index (χ1) is 8.60. The van der Waals surface area contributed by atoms with Gasteiger partial charge in [-0.15, -0.1) is 0 Å². The first-order valence-corrected chi connectivity index (χ1v) is 6.74. The highest BCUT2D eigenvalue weighted by Gasteiger charge is 2.04. The summed E-state index contributed by atoms with van der Waals surface area (Å²) < 4.78 is 0. The first kappa shape index (κ1) is 12.9. The summed E-state index contributed by atoms with van der Waals surface area (Å²) in [6.45, 7) is 8.83. The van der Waals surface area contributed by atoms with Gasteiger partial charge < -0.3 is 0 Å². The van der Waals surface area contributed by atoms with Crippen LogP contribution in [-0.2, 0) is 12.8 Å². The van der Waals surface area contributed by atoms with E-state index in [1.807, 2.05) is 0 Å². The topological polar surface area (TPSA) is 0 Å². The molecular formula is C18H22. The van der Waals surface area contributed by atoms with E-state index < -0.39 is 0 Å². The molecule has 2 aromatic carbocycles. The molecule has 0 spiro atoms. The van der Waals surface area contributed by atoms with Crippen molar-refractivity contribution in [3.63, 3.8) is 0 Å². The minimum atomic E-state index is 1.04. The number of aryl methyl sites for hydroxylation is 3. The van der Waals surface area contributed by atoms with Crippen LogP contribution in [0.4, 0.5) is 0 Å². The Morgan fingerprint density at radius 1 is 0.889 bits per heavy atom. The van der Waals surface area contributed by atoms with Crippen LogP contribution >= 0.6 is 0 Å². The van der Waals surface area contributed by atoms with Crippen LogP contribution in [-0.4, -0.2) is 0 Å². The Kier molecular flexibility index (Phi) is 3.86. The summed E-state index contributed by atoms with van der Waals surface area (Å²) in [5.74, 6) is 0. The maximum Gasteiger partial charge on any atom is -0.00255 e. The second-order valence-corrected chi connectivity index (χ2v) is 5.22. The molecule has 94 valence electrons. The second-order valence-electron chi connectivity index (χ2n) is 5.22. The molecule has 0 atom stereocenters. The minimum absolute atomic E-state index is 1.04. The molecule has 0 bridgehead atoms. The molecule has 0 unspecified atom stereocenters. The van der Waals surface area contributed by atoms with Crippen LogP contribution in [0.3, 0.4) is 0 Å². The maximum atomic E-state index is 2.37. The van der Waals surface area contributed by atoms with Gasteiger partial charge in [-0.3, -0.25) is 0 Å². The average molecular weight is 238 g/mol. The van der Waals surface area contributed by atoms with E-state index in [4.69, 9.17) is 0 Å². The lowest BCUT2D eigenvalue weighted by molar-refractivity contribution is 1.06. The molecule has 0 saturated heterocycles. The monoisotopic (exact) mass is 238 g/mol. The second kappa shape index (κ2) is 5.39. The molecule has 0 heteroatoms. The molecule has 0 saturated carbocycles. The minimum Gasteiger partial charge on any atom is -0.0617 e. The van der Waals surface area contributed by atoms with Gasteiger partial charge in [0, 0.05) is 0 Å². The molecule has 0 heterocycles. The average Bonchev–Trinajstić information content (AvgIpc) is 2.33.